The number of pyridine rings is 1. The van der Waals surface area contributed by atoms with Crippen LogP contribution in [0.3, 0.4) is 0 Å². The Morgan fingerprint density at radius 1 is 1.33 bits per heavy atom. The summed E-state index contributed by atoms with van der Waals surface area (Å²) in [5.74, 6) is -0.343. The van der Waals surface area contributed by atoms with Gasteiger partial charge < -0.3 is 10.1 Å². The van der Waals surface area contributed by atoms with Crippen molar-refractivity contribution < 1.29 is 14.3 Å². The van der Waals surface area contributed by atoms with Crippen LogP contribution in [0.4, 0.5) is 0 Å². The van der Waals surface area contributed by atoms with Gasteiger partial charge in [0.05, 0.1) is 27.7 Å². The molecule has 1 saturated carbocycles. The molecule has 0 radical (unpaired) electrons. The van der Waals surface area contributed by atoms with Crippen LogP contribution >= 0.6 is 11.3 Å². The fourth-order valence-electron chi connectivity index (χ4n) is 3.99. The highest BCUT2D eigenvalue weighted by Gasteiger charge is 2.24. The first-order valence-electron chi connectivity index (χ1n) is 10.4. The van der Waals surface area contributed by atoms with E-state index in [4.69, 9.17) is 9.72 Å². The van der Waals surface area contributed by atoms with E-state index in [0.29, 0.717) is 34.8 Å². The molecule has 3 heterocycles. The Kier molecular flexibility index (Phi) is 6.13. The summed E-state index contributed by atoms with van der Waals surface area (Å²) in [6, 6.07) is 5.78. The lowest BCUT2D eigenvalue weighted by molar-refractivity contribution is -0.125. The van der Waals surface area contributed by atoms with Crippen molar-refractivity contribution in [2.75, 3.05) is 6.61 Å². The second-order valence-electron chi connectivity index (χ2n) is 7.74. The van der Waals surface area contributed by atoms with Gasteiger partial charge in [-0.15, -0.1) is 11.3 Å². The fraction of sp³-hybridized carbons (Fsp3) is 0.455. The van der Waals surface area contributed by atoms with Crippen LogP contribution in [0.5, 0.6) is 0 Å². The van der Waals surface area contributed by atoms with Gasteiger partial charge >= 0.3 is 5.97 Å². The summed E-state index contributed by atoms with van der Waals surface area (Å²) < 4.78 is 7.13. The van der Waals surface area contributed by atoms with Crippen molar-refractivity contribution in [1.29, 1.82) is 0 Å². The number of rotatable bonds is 6. The van der Waals surface area contributed by atoms with E-state index in [0.717, 1.165) is 24.1 Å². The van der Waals surface area contributed by atoms with Crippen molar-refractivity contribution in [3.63, 3.8) is 0 Å². The molecule has 0 bridgehead atoms. The number of hydrogen-bond donors (Lipinski definition) is 1. The van der Waals surface area contributed by atoms with Crippen molar-refractivity contribution in [2.24, 2.45) is 5.92 Å². The number of esters is 1. The number of carbonyl (C=O) groups is 2. The summed E-state index contributed by atoms with van der Waals surface area (Å²) >= 11 is 1.55. The van der Waals surface area contributed by atoms with Gasteiger partial charge in [-0.05, 0) is 43.2 Å². The zero-order chi connectivity index (χ0) is 21.1. The Labute approximate surface area is 179 Å². The van der Waals surface area contributed by atoms with Crippen molar-refractivity contribution in [2.45, 2.75) is 52.1 Å². The van der Waals surface area contributed by atoms with Gasteiger partial charge in [0.1, 0.15) is 0 Å². The Balaban J connectivity index is 1.52. The van der Waals surface area contributed by atoms with E-state index in [2.05, 4.69) is 17.3 Å². The third-order valence-corrected chi connectivity index (χ3v) is 6.59. The van der Waals surface area contributed by atoms with Crippen LogP contribution in [0.25, 0.3) is 21.6 Å². The zero-order valence-electron chi connectivity index (χ0n) is 17.3. The maximum Gasteiger partial charge on any atom is 0.339 e. The number of fused-ring (bicyclic) bond motifs is 1. The van der Waals surface area contributed by atoms with Gasteiger partial charge in [-0.2, -0.15) is 5.10 Å². The van der Waals surface area contributed by atoms with Crippen LogP contribution in [-0.2, 0) is 16.1 Å². The Morgan fingerprint density at radius 3 is 2.90 bits per heavy atom. The van der Waals surface area contributed by atoms with E-state index in [-0.39, 0.29) is 18.6 Å². The smallest absolute Gasteiger partial charge is 0.339 e. The van der Waals surface area contributed by atoms with Crippen LogP contribution < -0.4 is 5.32 Å². The van der Waals surface area contributed by atoms with E-state index < -0.39 is 5.97 Å². The first kappa shape index (κ1) is 20.5. The van der Waals surface area contributed by atoms with Gasteiger partial charge in [0.25, 0.3) is 5.91 Å². The van der Waals surface area contributed by atoms with Crippen LogP contribution in [0.1, 0.15) is 49.9 Å². The first-order valence-corrected chi connectivity index (χ1v) is 11.3. The first-order chi connectivity index (χ1) is 14.6. The van der Waals surface area contributed by atoms with Crippen molar-refractivity contribution >= 4 is 34.2 Å². The predicted molar refractivity (Wildman–Crippen MR) is 116 cm³/mol. The topological polar surface area (TPSA) is 86.1 Å². The Hall–Kier alpha value is -2.74. The lowest BCUT2D eigenvalue weighted by Crippen LogP contribution is -2.42. The third-order valence-electron chi connectivity index (χ3n) is 5.69. The fourth-order valence-corrected chi connectivity index (χ4v) is 4.67. The molecule has 1 aliphatic carbocycles. The number of hydrogen-bond acceptors (Lipinski definition) is 6. The number of thiophene rings is 1. The lowest BCUT2D eigenvalue weighted by atomic mass is 9.86. The molecule has 1 fully saturated rings. The molecule has 2 unspecified atom stereocenters. The number of ether oxygens (including phenoxy) is 1. The number of amides is 1. The van der Waals surface area contributed by atoms with E-state index >= 15 is 0 Å². The molecule has 3 aromatic rings. The highest BCUT2D eigenvalue weighted by atomic mass is 32.1. The summed E-state index contributed by atoms with van der Waals surface area (Å²) in [5, 5.41) is 9.94. The van der Waals surface area contributed by atoms with Gasteiger partial charge in [-0.1, -0.05) is 25.8 Å². The van der Waals surface area contributed by atoms with E-state index in [1.54, 1.807) is 28.3 Å². The second kappa shape index (κ2) is 8.95. The SMILES string of the molecule is CCn1ncc2c(C(=O)OCC(=O)NC3CCCCC3C)cc(-c3cccs3)nc21. The van der Waals surface area contributed by atoms with E-state index in [1.807, 2.05) is 24.4 Å². The van der Waals surface area contributed by atoms with Crippen LogP contribution in [0.2, 0.25) is 0 Å². The Bertz CT molecular complexity index is 1040. The van der Waals surface area contributed by atoms with Gasteiger partial charge in [0, 0.05) is 12.6 Å². The number of carbonyl (C=O) groups excluding carboxylic acids is 2. The molecule has 0 aliphatic heterocycles. The maximum atomic E-state index is 12.9. The molecule has 0 aromatic carbocycles. The van der Waals surface area contributed by atoms with E-state index in [9.17, 15) is 9.59 Å². The number of nitrogens with one attached hydrogen (secondary N) is 1. The summed E-state index contributed by atoms with van der Waals surface area (Å²) in [6.45, 7) is 4.48. The highest BCUT2D eigenvalue weighted by molar-refractivity contribution is 7.13. The molecule has 0 saturated heterocycles. The van der Waals surface area contributed by atoms with Gasteiger partial charge in [-0.25, -0.2) is 14.5 Å². The van der Waals surface area contributed by atoms with Crippen molar-refractivity contribution in [3.8, 4) is 10.6 Å². The number of aryl methyl sites for hydroxylation is 1. The molecule has 1 aliphatic rings. The van der Waals surface area contributed by atoms with Crippen LogP contribution in [0.15, 0.2) is 29.8 Å². The molecule has 4 rings (SSSR count). The largest absolute Gasteiger partial charge is 0.452 e. The Morgan fingerprint density at radius 2 is 2.17 bits per heavy atom. The lowest BCUT2D eigenvalue weighted by Gasteiger charge is -2.29. The molecule has 1 N–H and O–H groups in total. The minimum atomic E-state index is -0.539. The molecule has 7 nitrogen and oxygen atoms in total. The quantitative estimate of drug-likeness (QED) is 0.602. The van der Waals surface area contributed by atoms with Crippen molar-refractivity contribution in [1.82, 2.24) is 20.1 Å². The summed E-state index contributed by atoms with van der Waals surface area (Å²) in [4.78, 5) is 30.9. The molecule has 30 heavy (non-hydrogen) atoms. The molecule has 0 spiro atoms. The standard InChI is InChI=1S/C22H26N4O3S/c1-3-26-21-16(12-23-26)15(11-18(25-21)19-9-6-10-30-19)22(28)29-13-20(27)24-17-8-5-4-7-14(17)2/h6,9-12,14,17H,3-5,7-8,13H2,1-2H3,(H,24,27). The second-order valence-corrected chi connectivity index (χ2v) is 8.69. The van der Waals surface area contributed by atoms with Crippen LogP contribution in [0, 0.1) is 5.92 Å². The molecule has 158 valence electrons. The predicted octanol–water partition coefficient (Wildman–Crippen LogP) is 4.03. The third kappa shape index (κ3) is 4.23. The molecule has 1 amide bonds. The average Bonchev–Trinajstić information content (AvgIpc) is 3.42. The highest BCUT2D eigenvalue weighted by Crippen LogP contribution is 2.28. The van der Waals surface area contributed by atoms with Crippen LogP contribution in [-0.4, -0.2) is 39.3 Å². The monoisotopic (exact) mass is 426 g/mol. The maximum absolute atomic E-state index is 12.9. The number of nitrogens with zero attached hydrogens (tertiary/aromatic N) is 3. The van der Waals surface area contributed by atoms with Gasteiger partial charge in [0.2, 0.25) is 0 Å². The number of aromatic nitrogens is 3. The normalized spacial score (nSPS) is 19.0. The van der Waals surface area contributed by atoms with E-state index in [1.165, 1.54) is 6.42 Å². The summed E-state index contributed by atoms with van der Waals surface area (Å²) in [5.41, 5.74) is 1.71. The zero-order valence-corrected chi connectivity index (χ0v) is 18.1. The molecule has 8 heteroatoms. The minimum absolute atomic E-state index is 0.158. The molecule has 2 atom stereocenters. The molecular weight excluding hydrogens is 400 g/mol. The van der Waals surface area contributed by atoms with Gasteiger partial charge in [-0.3, -0.25) is 4.79 Å². The molecular formula is C22H26N4O3S. The molecule has 3 aromatic heterocycles. The van der Waals surface area contributed by atoms with Gasteiger partial charge in [0.15, 0.2) is 12.3 Å². The average molecular weight is 427 g/mol. The summed E-state index contributed by atoms with van der Waals surface area (Å²) in [6.07, 6.45) is 6.05. The summed E-state index contributed by atoms with van der Waals surface area (Å²) in [7, 11) is 0. The minimum Gasteiger partial charge on any atom is -0.452 e. The van der Waals surface area contributed by atoms with Crippen molar-refractivity contribution in [3.05, 3.63) is 35.3 Å².